The number of carbonyl (C=O) groups excluding carboxylic acids is 1. The van der Waals surface area contributed by atoms with Crippen molar-refractivity contribution in [1.82, 2.24) is 10.2 Å². The molecule has 3 unspecified atom stereocenters. The van der Waals surface area contributed by atoms with Gasteiger partial charge in [-0.3, -0.25) is 4.79 Å². The van der Waals surface area contributed by atoms with Gasteiger partial charge < -0.3 is 15.0 Å². The van der Waals surface area contributed by atoms with E-state index >= 15 is 0 Å². The quantitative estimate of drug-likeness (QED) is 0.780. The van der Waals surface area contributed by atoms with Crippen molar-refractivity contribution < 1.29 is 9.53 Å². The second-order valence-electron chi connectivity index (χ2n) is 6.72. The molecule has 3 aliphatic rings. The Bertz CT molecular complexity index is 334. The number of hydrogen-bond donors (Lipinski definition) is 1. The third kappa shape index (κ3) is 2.79. The van der Waals surface area contributed by atoms with E-state index in [1.807, 2.05) is 0 Å². The molecule has 1 spiro atoms. The SMILES string of the molecule is CC1CC(C(=O)N2CCCC3(CCCNC3)C2)CO1. The van der Waals surface area contributed by atoms with Crippen molar-refractivity contribution in [3.05, 3.63) is 0 Å². The summed E-state index contributed by atoms with van der Waals surface area (Å²) in [5, 5.41) is 3.52. The zero-order valence-corrected chi connectivity index (χ0v) is 12.0. The average Bonchev–Trinajstić information content (AvgIpc) is 2.85. The van der Waals surface area contributed by atoms with Gasteiger partial charge in [0, 0.05) is 25.0 Å². The lowest BCUT2D eigenvalue weighted by atomic mass is 9.74. The van der Waals surface area contributed by atoms with Crippen molar-refractivity contribution in [1.29, 1.82) is 0 Å². The average molecular weight is 266 g/mol. The molecular weight excluding hydrogens is 240 g/mol. The van der Waals surface area contributed by atoms with Crippen LogP contribution in [0.15, 0.2) is 0 Å². The number of likely N-dealkylation sites (tertiary alicyclic amines) is 1. The van der Waals surface area contributed by atoms with Crippen LogP contribution in [0.5, 0.6) is 0 Å². The van der Waals surface area contributed by atoms with Crippen molar-refractivity contribution in [2.75, 3.05) is 32.8 Å². The summed E-state index contributed by atoms with van der Waals surface area (Å²) in [5.41, 5.74) is 0.358. The second kappa shape index (κ2) is 5.41. The van der Waals surface area contributed by atoms with Crippen LogP contribution in [0, 0.1) is 11.3 Å². The summed E-state index contributed by atoms with van der Waals surface area (Å²) in [6, 6.07) is 0. The number of rotatable bonds is 1. The molecule has 3 aliphatic heterocycles. The molecule has 0 bridgehead atoms. The zero-order chi connectivity index (χ0) is 13.3. The Labute approximate surface area is 115 Å². The maximum atomic E-state index is 12.6. The van der Waals surface area contributed by atoms with Gasteiger partial charge in [-0.1, -0.05) is 0 Å². The van der Waals surface area contributed by atoms with Gasteiger partial charge in [-0.15, -0.1) is 0 Å². The topological polar surface area (TPSA) is 41.6 Å². The van der Waals surface area contributed by atoms with E-state index in [2.05, 4.69) is 17.1 Å². The Balaban J connectivity index is 1.62. The molecule has 0 aromatic rings. The molecule has 3 atom stereocenters. The first-order chi connectivity index (χ1) is 9.19. The van der Waals surface area contributed by atoms with Crippen LogP contribution in [0.25, 0.3) is 0 Å². The normalized spacial score (nSPS) is 39.7. The number of ether oxygens (including phenoxy) is 1. The molecule has 3 rings (SSSR count). The molecule has 0 aromatic heterocycles. The fourth-order valence-electron chi connectivity index (χ4n) is 4.02. The van der Waals surface area contributed by atoms with Crippen molar-refractivity contribution in [3.63, 3.8) is 0 Å². The van der Waals surface area contributed by atoms with Crippen LogP contribution in [0.4, 0.5) is 0 Å². The Morgan fingerprint density at radius 3 is 2.89 bits per heavy atom. The number of nitrogens with zero attached hydrogens (tertiary/aromatic N) is 1. The standard InChI is InChI=1S/C15H26N2O2/c1-12-8-13(9-19-12)14(18)17-7-3-5-15(11-17)4-2-6-16-10-15/h12-13,16H,2-11H2,1H3. The number of hydrogen-bond acceptors (Lipinski definition) is 3. The van der Waals surface area contributed by atoms with Gasteiger partial charge in [0.2, 0.25) is 5.91 Å². The molecule has 0 saturated carbocycles. The van der Waals surface area contributed by atoms with E-state index in [1.54, 1.807) is 0 Å². The van der Waals surface area contributed by atoms with Gasteiger partial charge in [0.1, 0.15) is 0 Å². The first-order valence-electron chi connectivity index (χ1n) is 7.80. The van der Waals surface area contributed by atoms with Gasteiger partial charge in [0.25, 0.3) is 0 Å². The summed E-state index contributed by atoms with van der Waals surface area (Å²) in [6.07, 6.45) is 6.13. The minimum Gasteiger partial charge on any atom is -0.378 e. The van der Waals surface area contributed by atoms with Gasteiger partial charge in [0.15, 0.2) is 0 Å². The third-order valence-corrected chi connectivity index (χ3v) is 5.08. The largest absolute Gasteiger partial charge is 0.378 e. The van der Waals surface area contributed by atoms with Crippen LogP contribution in [0.2, 0.25) is 0 Å². The van der Waals surface area contributed by atoms with Gasteiger partial charge in [-0.25, -0.2) is 0 Å². The minimum atomic E-state index is 0.113. The predicted octanol–water partition coefficient (Wildman–Crippen LogP) is 1.40. The van der Waals surface area contributed by atoms with Crippen molar-refractivity contribution in [3.8, 4) is 0 Å². The monoisotopic (exact) mass is 266 g/mol. The summed E-state index contributed by atoms with van der Waals surface area (Å²) >= 11 is 0. The molecule has 3 heterocycles. The maximum absolute atomic E-state index is 12.6. The van der Waals surface area contributed by atoms with Crippen LogP contribution in [0.1, 0.15) is 39.0 Å². The van der Waals surface area contributed by atoms with Crippen LogP contribution < -0.4 is 5.32 Å². The van der Waals surface area contributed by atoms with E-state index < -0.39 is 0 Å². The molecule has 1 N–H and O–H groups in total. The summed E-state index contributed by atoms with van der Waals surface area (Å²) < 4.78 is 5.55. The molecule has 3 fully saturated rings. The summed E-state index contributed by atoms with van der Waals surface area (Å²) in [4.78, 5) is 14.7. The van der Waals surface area contributed by atoms with Crippen LogP contribution >= 0.6 is 0 Å². The van der Waals surface area contributed by atoms with E-state index in [9.17, 15) is 4.79 Å². The fourth-order valence-corrected chi connectivity index (χ4v) is 4.02. The molecule has 108 valence electrons. The van der Waals surface area contributed by atoms with E-state index in [1.165, 1.54) is 19.3 Å². The van der Waals surface area contributed by atoms with Crippen LogP contribution in [-0.4, -0.2) is 49.7 Å². The third-order valence-electron chi connectivity index (χ3n) is 5.08. The number of amides is 1. The fraction of sp³-hybridized carbons (Fsp3) is 0.933. The molecule has 3 saturated heterocycles. The number of carbonyl (C=O) groups is 1. The first-order valence-corrected chi connectivity index (χ1v) is 7.80. The highest BCUT2D eigenvalue weighted by atomic mass is 16.5. The number of piperidine rings is 2. The van der Waals surface area contributed by atoms with Crippen LogP contribution in [0.3, 0.4) is 0 Å². The highest BCUT2D eigenvalue weighted by Gasteiger charge is 2.40. The Hall–Kier alpha value is -0.610. The van der Waals surface area contributed by atoms with E-state index in [0.29, 0.717) is 17.9 Å². The maximum Gasteiger partial charge on any atom is 0.228 e. The predicted molar refractivity (Wildman–Crippen MR) is 73.9 cm³/mol. The lowest BCUT2D eigenvalue weighted by Crippen LogP contribution is -2.53. The van der Waals surface area contributed by atoms with Gasteiger partial charge in [-0.2, -0.15) is 0 Å². The van der Waals surface area contributed by atoms with Crippen LogP contribution in [-0.2, 0) is 9.53 Å². The Morgan fingerprint density at radius 1 is 1.37 bits per heavy atom. The lowest BCUT2D eigenvalue weighted by Gasteiger charge is -2.46. The second-order valence-corrected chi connectivity index (χ2v) is 6.72. The van der Waals surface area contributed by atoms with Crippen molar-refractivity contribution in [2.24, 2.45) is 11.3 Å². The molecule has 0 aliphatic carbocycles. The highest BCUT2D eigenvalue weighted by Crippen LogP contribution is 2.36. The zero-order valence-electron chi connectivity index (χ0n) is 12.0. The Kier molecular flexibility index (Phi) is 3.81. The first kappa shape index (κ1) is 13.4. The van der Waals surface area contributed by atoms with E-state index in [-0.39, 0.29) is 12.0 Å². The van der Waals surface area contributed by atoms with E-state index in [4.69, 9.17) is 4.74 Å². The van der Waals surface area contributed by atoms with Gasteiger partial charge in [0.05, 0.1) is 18.6 Å². The van der Waals surface area contributed by atoms with Crippen molar-refractivity contribution in [2.45, 2.75) is 45.1 Å². The summed E-state index contributed by atoms with van der Waals surface area (Å²) in [5.74, 6) is 0.454. The Morgan fingerprint density at radius 2 is 2.21 bits per heavy atom. The minimum absolute atomic E-state index is 0.113. The molecule has 19 heavy (non-hydrogen) atoms. The lowest BCUT2D eigenvalue weighted by molar-refractivity contribution is -0.139. The summed E-state index contributed by atoms with van der Waals surface area (Å²) in [6.45, 7) is 6.84. The molecule has 0 radical (unpaired) electrons. The summed E-state index contributed by atoms with van der Waals surface area (Å²) in [7, 11) is 0. The van der Waals surface area contributed by atoms with E-state index in [0.717, 1.165) is 39.0 Å². The molecule has 4 heteroatoms. The molecule has 0 aromatic carbocycles. The highest BCUT2D eigenvalue weighted by molar-refractivity contribution is 5.79. The number of nitrogens with one attached hydrogen (secondary N) is 1. The smallest absolute Gasteiger partial charge is 0.228 e. The van der Waals surface area contributed by atoms with Gasteiger partial charge >= 0.3 is 0 Å². The molecule has 4 nitrogen and oxygen atoms in total. The molecule has 1 amide bonds. The molecular formula is C15H26N2O2. The van der Waals surface area contributed by atoms with Gasteiger partial charge in [-0.05, 0) is 45.6 Å². The van der Waals surface area contributed by atoms with Crippen molar-refractivity contribution >= 4 is 5.91 Å².